The number of aromatic nitrogens is 3. The van der Waals surface area contributed by atoms with Crippen LogP contribution < -0.4 is 0 Å². The SMILES string of the molecule is Cc1ccc(-c2nnc(SCCCC(=O)N3CCN(C(=O)c4ccc5ccccc5c4)C(C)C3)n2-c2ccc(C)cc2)cc1. The number of carbonyl (C=O) groups is 2. The Balaban J connectivity index is 1.05. The monoisotopic (exact) mass is 603 g/mol. The van der Waals surface area contributed by atoms with Crippen molar-refractivity contribution in [2.24, 2.45) is 0 Å². The van der Waals surface area contributed by atoms with Crippen molar-refractivity contribution in [3.63, 3.8) is 0 Å². The Morgan fingerprint density at radius 2 is 1.55 bits per heavy atom. The molecule has 1 aliphatic rings. The van der Waals surface area contributed by atoms with E-state index in [1.54, 1.807) is 11.8 Å². The van der Waals surface area contributed by atoms with E-state index in [4.69, 9.17) is 0 Å². The molecule has 6 rings (SSSR count). The molecule has 1 atom stereocenters. The number of amides is 2. The summed E-state index contributed by atoms with van der Waals surface area (Å²) >= 11 is 1.62. The highest BCUT2D eigenvalue weighted by Gasteiger charge is 2.30. The number of benzene rings is 4. The zero-order valence-corrected chi connectivity index (χ0v) is 26.3. The molecule has 0 saturated carbocycles. The van der Waals surface area contributed by atoms with Crippen molar-refractivity contribution < 1.29 is 9.59 Å². The molecule has 0 radical (unpaired) electrons. The lowest BCUT2D eigenvalue weighted by atomic mass is 10.0. The molecule has 1 saturated heterocycles. The molecular weight excluding hydrogens is 566 g/mol. The quantitative estimate of drug-likeness (QED) is 0.142. The number of fused-ring (bicyclic) bond motifs is 1. The highest BCUT2D eigenvalue weighted by Crippen LogP contribution is 2.29. The van der Waals surface area contributed by atoms with Crippen molar-refractivity contribution in [1.82, 2.24) is 24.6 Å². The van der Waals surface area contributed by atoms with E-state index in [1.807, 2.05) is 59.2 Å². The molecular formula is C36H37N5O2S. The molecule has 0 N–H and O–H groups in total. The van der Waals surface area contributed by atoms with Crippen LogP contribution >= 0.6 is 11.8 Å². The molecule has 8 heteroatoms. The summed E-state index contributed by atoms with van der Waals surface area (Å²) in [6.07, 6.45) is 1.19. The number of nitrogens with zero attached hydrogens (tertiary/aromatic N) is 5. The van der Waals surface area contributed by atoms with Gasteiger partial charge in [-0.05, 0) is 62.2 Å². The summed E-state index contributed by atoms with van der Waals surface area (Å²) in [7, 11) is 0. The molecule has 2 heterocycles. The van der Waals surface area contributed by atoms with E-state index in [0.29, 0.717) is 31.6 Å². The van der Waals surface area contributed by atoms with Gasteiger partial charge in [-0.2, -0.15) is 0 Å². The van der Waals surface area contributed by atoms with Crippen LogP contribution in [0.5, 0.6) is 0 Å². The van der Waals surface area contributed by atoms with Crippen LogP contribution in [0.4, 0.5) is 0 Å². The normalized spacial score (nSPS) is 15.1. The second-order valence-electron chi connectivity index (χ2n) is 11.5. The summed E-state index contributed by atoms with van der Waals surface area (Å²) in [6.45, 7) is 7.81. The average molecular weight is 604 g/mol. The summed E-state index contributed by atoms with van der Waals surface area (Å²) in [4.78, 5) is 30.3. The van der Waals surface area contributed by atoms with Crippen LogP contribution in [-0.2, 0) is 4.79 Å². The van der Waals surface area contributed by atoms with Gasteiger partial charge < -0.3 is 9.80 Å². The van der Waals surface area contributed by atoms with E-state index in [-0.39, 0.29) is 17.9 Å². The third-order valence-corrected chi connectivity index (χ3v) is 9.25. The van der Waals surface area contributed by atoms with Gasteiger partial charge in [-0.1, -0.05) is 89.6 Å². The van der Waals surface area contributed by atoms with Gasteiger partial charge in [0.15, 0.2) is 11.0 Å². The highest BCUT2D eigenvalue weighted by atomic mass is 32.2. The minimum atomic E-state index is -0.0469. The first-order valence-electron chi connectivity index (χ1n) is 15.2. The van der Waals surface area contributed by atoms with Crippen LogP contribution in [0.25, 0.3) is 27.8 Å². The van der Waals surface area contributed by atoms with Crippen LogP contribution in [0.3, 0.4) is 0 Å². The van der Waals surface area contributed by atoms with Gasteiger partial charge in [0.05, 0.1) is 0 Å². The molecule has 1 fully saturated rings. The summed E-state index contributed by atoms with van der Waals surface area (Å²) in [6, 6.07) is 30.6. The van der Waals surface area contributed by atoms with E-state index < -0.39 is 0 Å². The van der Waals surface area contributed by atoms with E-state index in [2.05, 4.69) is 77.1 Å². The zero-order chi connectivity index (χ0) is 30.6. The van der Waals surface area contributed by atoms with Gasteiger partial charge in [0.2, 0.25) is 5.91 Å². The first-order chi connectivity index (χ1) is 21.4. The number of carbonyl (C=O) groups excluding carboxylic acids is 2. The van der Waals surface area contributed by atoms with E-state index in [9.17, 15) is 9.59 Å². The van der Waals surface area contributed by atoms with Crippen LogP contribution in [0.2, 0.25) is 0 Å². The summed E-state index contributed by atoms with van der Waals surface area (Å²) in [5.41, 5.74) is 5.11. The topological polar surface area (TPSA) is 71.3 Å². The number of thioether (sulfide) groups is 1. The first-order valence-corrected chi connectivity index (χ1v) is 16.2. The second kappa shape index (κ2) is 13.1. The van der Waals surface area contributed by atoms with Gasteiger partial charge in [0.25, 0.3) is 5.91 Å². The number of aryl methyl sites for hydroxylation is 2. The standard InChI is InChI=1S/C36H37N5O2S/c1-25-10-14-29(15-11-25)34-37-38-36(41(34)32-18-12-26(2)13-19-32)44-22-6-9-33(42)39-20-21-40(27(3)24-39)35(43)31-17-16-28-7-4-5-8-30(28)23-31/h4-5,7-8,10-19,23,27H,6,9,20-22,24H2,1-3H3. The largest absolute Gasteiger partial charge is 0.339 e. The number of hydrogen-bond acceptors (Lipinski definition) is 5. The fourth-order valence-corrected chi connectivity index (χ4v) is 6.59. The minimum absolute atomic E-state index is 0.0226. The molecule has 0 bridgehead atoms. The van der Waals surface area contributed by atoms with Crippen LogP contribution in [0.1, 0.15) is 41.3 Å². The summed E-state index contributed by atoms with van der Waals surface area (Å²) in [5.74, 6) is 1.71. The van der Waals surface area contributed by atoms with Crippen molar-refractivity contribution in [1.29, 1.82) is 0 Å². The highest BCUT2D eigenvalue weighted by molar-refractivity contribution is 7.99. The smallest absolute Gasteiger partial charge is 0.254 e. The molecule has 2 amide bonds. The van der Waals surface area contributed by atoms with Gasteiger partial charge in [-0.15, -0.1) is 10.2 Å². The third kappa shape index (κ3) is 6.40. The molecule has 224 valence electrons. The van der Waals surface area contributed by atoms with Crippen molar-refractivity contribution >= 4 is 34.3 Å². The predicted molar refractivity (Wildman–Crippen MR) is 177 cm³/mol. The Hall–Kier alpha value is -4.43. The number of hydrogen-bond donors (Lipinski definition) is 0. The second-order valence-corrected chi connectivity index (χ2v) is 12.6. The van der Waals surface area contributed by atoms with Crippen LogP contribution in [-0.4, -0.2) is 67.8 Å². The van der Waals surface area contributed by atoms with Crippen molar-refractivity contribution in [2.45, 2.75) is 44.8 Å². The maximum absolute atomic E-state index is 13.3. The molecule has 1 aromatic heterocycles. The molecule has 7 nitrogen and oxygen atoms in total. The molecule has 1 aliphatic heterocycles. The molecule has 4 aromatic carbocycles. The number of rotatable bonds is 8. The average Bonchev–Trinajstić information content (AvgIpc) is 3.46. The summed E-state index contributed by atoms with van der Waals surface area (Å²) < 4.78 is 2.10. The molecule has 0 spiro atoms. The van der Waals surface area contributed by atoms with Crippen molar-refractivity contribution in [3.8, 4) is 17.1 Å². The maximum Gasteiger partial charge on any atom is 0.254 e. The van der Waals surface area contributed by atoms with Crippen LogP contribution in [0, 0.1) is 13.8 Å². The van der Waals surface area contributed by atoms with Crippen LogP contribution in [0.15, 0.2) is 96.2 Å². The zero-order valence-electron chi connectivity index (χ0n) is 25.4. The molecule has 1 unspecified atom stereocenters. The molecule has 44 heavy (non-hydrogen) atoms. The molecule has 5 aromatic rings. The van der Waals surface area contributed by atoms with E-state index in [0.717, 1.165) is 45.2 Å². The Morgan fingerprint density at radius 1 is 0.841 bits per heavy atom. The summed E-state index contributed by atoms with van der Waals surface area (Å²) in [5, 5.41) is 12.1. The Labute approximate surface area is 262 Å². The Bertz CT molecular complexity index is 1780. The van der Waals surface area contributed by atoms with Gasteiger partial charge >= 0.3 is 0 Å². The van der Waals surface area contributed by atoms with Crippen molar-refractivity contribution in [3.05, 3.63) is 108 Å². The van der Waals surface area contributed by atoms with E-state index >= 15 is 0 Å². The Morgan fingerprint density at radius 3 is 2.27 bits per heavy atom. The molecule has 0 aliphatic carbocycles. The third-order valence-electron chi connectivity index (χ3n) is 8.24. The van der Waals surface area contributed by atoms with Gasteiger partial charge in [-0.25, -0.2) is 0 Å². The van der Waals surface area contributed by atoms with E-state index in [1.165, 1.54) is 11.1 Å². The Kier molecular flexibility index (Phi) is 8.79. The van der Waals surface area contributed by atoms with Gasteiger partial charge in [0, 0.05) is 54.7 Å². The maximum atomic E-state index is 13.3. The fourth-order valence-electron chi connectivity index (χ4n) is 5.70. The lowest BCUT2D eigenvalue weighted by molar-refractivity contribution is -0.133. The van der Waals surface area contributed by atoms with Gasteiger partial charge in [0.1, 0.15) is 0 Å². The predicted octanol–water partition coefficient (Wildman–Crippen LogP) is 6.95. The number of piperazine rings is 1. The lowest BCUT2D eigenvalue weighted by Crippen LogP contribution is -2.55. The lowest BCUT2D eigenvalue weighted by Gasteiger charge is -2.40. The first kappa shape index (κ1) is 29.6. The van der Waals surface area contributed by atoms with Crippen molar-refractivity contribution in [2.75, 3.05) is 25.4 Å². The fraction of sp³-hybridized carbons (Fsp3) is 0.278. The van der Waals surface area contributed by atoms with Gasteiger partial charge in [-0.3, -0.25) is 14.2 Å². The minimum Gasteiger partial charge on any atom is -0.339 e.